The zero-order valence-electron chi connectivity index (χ0n) is 22.6. The third kappa shape index (κ3) is 5.21. The largest absolute Gasteiger partial charge is 0.391 e. The highest BCUT2D eigenvalue weighted by Gasteiger charge is 2.46. The molecule has 3 amide bonds. The first-order chi connectivity index (χ1) is 18.7. The van der Waals surface area contributed by atoms with E-state index >= 15 is 0 Å². The molecule has 2 aliphatic rings. The van der Waals surface area contributed by atoms with Gasteiger partial charge in [-0.15, -0.1) is 11.3 Å². The summed E-state index contributed by atoms with van der Waals surface area (Å²) in [5, 5.41) is 13.5. The standard InChI is InChI=1S/C30H34N4O4S/c1-17(2)26(34-14-22-7-5-6-8-24(22)29(34)37)30(38)33-15-23(35)13-25(33)28(36)32-18(3)20-9-11-21(12-10-20)27-19(4)31-16-39-27/h5-12,16-18,23,25-26,35H,13-15H2,1-4H3,(H,32,36)/t18-,23-,25+,26-/m1/s1. The molecule has 0 radical (unpaired) electrons. The highest BCUT2D eigenvalue weighted by Crippen LogP contribution is 2.31. The minimum absolute atomic E-state index is 0.0619. The molecule has 39 heavy (non-hydrogen) atoms. The average molecular weight is 547 g/mol. The second-order valence-corrected chi connectivity index (χ2v) is 11.6. The molecular weight excluding hydrogens is 512 g/mol. The Morgan fingerprint density at radius 1 is 1.10 bits per heavy atom. The Labute approximate surface area is 232 Å². The number of nitrogens with one attached hydrogen (secondary N) is 1. The Balaban J connectivity index is 1.30. The molecule has 3 heterocycles. The number of carbonyl (C=O) groups is 3. The molecule has 0 unspecified atom stereocenters. The molecular formula is C30H34N4O4S. The number of hydrogen-bond acceptors (Lipinski definition) is 6. The molecule has 2 N–H and O–H groups in total. The summed E-state index contributed by atoms with van der Waals surface area (Å²) in [4.78, 5) is 49.0. The monoisotopic (exact) mass is 546 g/mol. The van der Waals surface area contributed by atoms with Gasteiger partial charge in [-0.25, -0.2) is 4.98 Å². The first kappa shape index (κ1) is 27.0. The van der Waals surface area contributed by atoms with Crippen LogP contribution >= 0.6 is 11.3 Å². The van der Waals surface area contributed by atoms with Crippen LogP contribution in [0.4, 0.5) is 0 Å². The van der Waals surface area contributed by atoms with Gasteiger partial charge in [-0.2, -0.15) is 0 Å². The molecule has 2 aliphatic heterocycles. The van der Waals surface area contributed by atoms with E-state index < -0.39 is 18.2 Å². The zero-order chi connectivity index (χ0) is 27.8. The number of aliphatic hydroxyl groups is 1. The van der Waals surface area contributed by atoms with Gasteiger partial charge in [0.15, 0.2) is 0 Å². The van der Waals surface area contributed by atoms with Gasteiger partial charge in [-0.05, 0) is 42.5 Å². The number of thiazole rings is 1. The smallest absolute Gasteiger partial charge is 0.255 e. The minimum atomic E-state index is -0.810. The Morgan fingerprint density at radius 2 is 1.82 bits per heavy atom. The van der Waals surface area contributed by atoms with E-state index in [0.717, 1.165) is 27.3 Å². The van der Waals surface area contributed by atoms with Crippen LogP contribution in [0.15, 0.2) is 54.0 Å². The van der Waals surface area contributed by atoms with Crippen LogP contribution in [-0.2, 0) is 16.1 Å². The molecule has 204 valence electrons. The van der Waals surface area contributed by atoms with Crippen molar-refractivity contribution in [3.05, 3.63) is 76.4 Å². The normalized spacial score (nSPS) is 20.3. The van der Waals surface area contributed by atoms with Crippen molar-refractivity contribution in [3.8, 4) is 10.4 Å². The highest BCUT2D eigenvalue weighted by atomic mass is 32.1. The van der Waals surface area contributed by atoms with E-state index in [9.17, 15) is 19.5 Å². The lowest BCUT2D eigenvalue weighted by molar-refractivity contribution is -0.143. The van der Waals surface area contributed by atoms with E-state index in [1.165, 1.54) is 4.90 Å². The van der Waals surface area contributed by atoms with Crippen molar-refractivity contribution in [2.45, 2.75) is 64.9 Å². The molecule has 1 saturated heterocycles. The first-order valence-electron chi connectivity index (χ1n) is 13.3. The summed E-state index contributed by atoms with van der Waals surface area (Å²) in [5.41, 5.74) is 6.32. The van der Waals surface area contributed by atoms with E-state index in [4.69, 9.17) is 0 Å². The lowest BCUT2D eigenvalue weighted by atomic mass is 10.00. The Hall–Kier alpha value is -3.56. The first-order valence-corrected chi connectivity index (χ1v) is 14.2. The number of aliphatic hydroxyl groups excluding tert-OH is 1. The van der Waals surface area contributed by atoms with Crippen LogP contribution in [0.3, 0.4) is 0 Å². The van der Waals surface area contributed by atoms with Gasteiger partial charge in [0, 0.05) is 25.1 Å². The molecule has 1 fully saturated rings. The number of nitrogens with zero attached hydrogens (tertiary/aromatic N) is 3. The molecule has 1 aromatic heterocycles. The Morgan fingerprint density at radius 3 is 2.46 bits per heavy atom. The number of rotatable bonds is 7. The van der Waals surface area contributed by atoms with Gasteiger partial charge >= 0.3 is 0 Å². The van der Waals surface area contributed by atoms with Crippen molar-refractivity contribution < 1.29 is 19.5 Å². The fourth-order valence-electron chi connectivity index (χ4n) is 5.65. The Bertz CT molecular complexity index is 1390. The lowest BCUT2D eigenvalue weighted by Gasteiger charge is -2.35. The van der Waals surface area contributed by atoms with Crippen molar-refractivity contribution in [2.75, 3.05) is 6.54 Å². The molecule has 8 nitrogen and oxygen atoms in total. The minimum Gasteiger partial charge on any atom is -0.391 e. The predicted octanol–water partition coefficient (Wildman–Crippen LogP) is 3.94. The zero-order valence-corrected chi connectivity index (χ0v) is 23.4. The number of fused-ring (bicyclic) bond motifs is 1. The Kier molecular flexibility index (Phi) is 7.55. The molecule has 9 heteroatoms. The fourth-order valence-corrected chi connectivity index (χ4v) is 6.46. The van der Waals surface area contributed by atoms with Gasteiger partial charge in [-0.3, -0.25) is 14.4 Å². The number of aromatic nitrogens is 1. The summed E-state index contributed by atoms with van der Waals surface area (Å²) in [5.74, 6) is -0.964. The summed E-state index contributed by atoms with van der Waals surface area (Å²) in [6.07, 6.45) is -0.645. The van der Waals surface area contributed by atoms with E-state index in [2.05, 4.69) is 10.3 Å². The number of amides is 3. The van der Waals surface area contributed by atoms with Gasteiger partial charge in [-0.1, -0.05) is 56.3 Å². The summed E-state index contributed by atoms with van der Waals surface area (Å²) in [6, 6.07) is 13.6. The maximum Gasteiger partial charge on any atom is 0.255 e. The molecule has 0 saturated carbocycles. The van der Waals surface area contributed by atoms with Crippen LogP contribution in [0, 0.1) is 12.8 Å². The van der Waals surface area contributed by atoms with Gasteiger partial charge in [0.1, 0.15) is 12.1 Å². The number of likely N-dealkylation sites (tertiary alicyclic amines) is 1. The molecule has 5 rings (SSSR count). The van der Waals surface area contributed by atoms with Crippen LogP contribution in [-0.4, -0.2) is 62.3 Å². The van der Waals surface area contributed by atoms with Crippen LogP contribution in [0.25, 0.3) is 10.4 Å². The molecule has 0 aliphatic carbocycles. The van der Waals surface area contributed by atoms with Crippen molar-refractivity contribution >= 4 is 29.1 Å². The predicted molar refractivity (Wildman–Crippen MR) is 150 cm³/mol. The molecule has 0 spiro atoms. The maximum atomic E-state index is 13.9. The van der Waals surface area contributed by atoms with E-state index in [1.54, 1.807) is 22.3 Å². The summed E-state index contributed by atoms with van der Waals surface area (Å²) in [7, 11) is 0. The molecule has 3 aromatic rings. The van der Waals surface area contributed by atoms with E-state index in [0.29, 0.717) is 12.1 Å². The lowest BCUT2D eigenvalue weighted by Crippen LogP contribution is -2.55. The van der Waals surface area contributed by atoms with Crippen LogP contribution in [0.2, 0.25) is 0 Å². The summed E-state index contributed by atoms with van der Waals surface area (Å²) < 4.78 is 0. The summed E-state index contributed by atoms with van der Waals surface area (Å²) >= 11 is 1.59. The van der Waals surface area contributed by atoms with Crippen molar-refractivity contribution in [2.24, 2.45) is 5.92 Å². The fraction of sp³-hybridized carbons (Fsp3) is 0.400. The van der Waals surface area contributed by atoms with E-state index in [1.807, 2.05) is 75.7 Å². The topological polar surface area (TPSA) is 103 Å². The number of β-amino-alcohol motifs (C(OH)–C–C–N with tert-alkyl or cyclic N) is 1. The van der Waals surface area contributed by atoms with Gasteiger partial charge < -0.3 is 20.2 Å². The van der Waals surface area contributed by atoms with Crippen LogP contribution in [0.5, 0.6) is 0 Å². The van der Waals surface area contributed by atoms with Gasteiger partial charge in [0.2, 0.25) is 11.8 Å². The van der Waals surface area contributed by atoms with Crippen LogP contribution < -0.4 is 5.32 Å². The third-order valence-corrected chi connectivity index (χ3v) is 8.69. The highest BCUT2D eigenvalue weighted by molar-refractivity contribution is 7.13. The quantitative estimate of drug-likeness (QED) is 0.467. The van der Waals surface area contributed by atoms with Crippen molar-refractivity contribution in [3.63, 3.8) is 0 Å². The van der Waals surface area contributed by atoms with Crippen molar-refractivity contribution in [1.82, 2.24) is 20.1 Å². The number of benzene rings is 2. The number of aryl methyl sites for hydroxylation is 1. The number of hydrogen-bond donors (Lipinski definition) is 2. The summed E-state index contributed by atoms with van der Waals surface area (Å²) in [6.45, 7) is 8.10. The second-order valence-electron chi connectivity index (χ2n) is 10.8. The third-order valence-electron chi connectivity index (χ3n) is 7.71. The van der Waals surface area contributed by atoms with Crippen LogP contribution in [0.1, 0.15) is 60.4 Å². The average Bonchev–Trinajstić information content (AvgIpc) is 3.61. The maximum absolute atomic E-state index is 13.9. The molecule has 2 aromatic carbocycles. The SMILES string of the molecule is Cc1ncsc1-c1ccc([C@@H](C)NC(=O)[C@@H]2C[C@@H](O)CN2C(=O)[C@@H](C(C)C)N2Cc3ccccc3C2=O)cc1. The van der Waals surface area contributed by atoms with Gasteiger partial charge in [0.05, 0.1) is 28.2 Å². The van der Waals surface area contributed by atoms with Gasteiger partial charge in [0.25, 0.3) is 5.91 Å². The number of carbonyl (C=O) groups excluding carboxylic acids is 3. The second kappa shape index (κ2) is 10.9. The van der Waals surface area contributed by atoms with Crippen molar-refractivity contribution in [1.29, 1.82) is 0 Å². The molecule has 0 bridgehead atoms. The van der Waals surface area contributed by atoms with E-state index in [-0.39, 0.29) is 42.6 Å². The molecule has 4 atom stereocenters.